The molecule has 1 aliphatic rings. The van der Waals surface area contributed by atoms with Gasteiger partial charge in [-0.1, -0.05) is 5.16 Å². The Balaban J connectivity index is 1.92. The number of rotatable bonds is 4. The van der Waals surface area contributed by atoms with E-state index in [1.807, 2.05) is 13.8 Å². The number of hydrogen-bond acceptors (Lipinski definition) is 6. The molecule has 1 fully saturated rings. The molecule has 1 aliphatic heterocycles. The van der Waals surface area contributed by atoms with Gasteiger partial charge >= 0.3 is 5.97 Å². The van der Waals surface area contributed by atoms with Crippen molar-refractivity contribution in [2.45, 2.75) is 32.9 Å². The third-order valence-corrected chi connectivity index (χ3v) is 3.41. The molecule has 1 saturated heterocycles. The van der Waals surface area contributed by atoms with Crippen molar-refractivity contribution < 1.29 is 18.8 Å². The number of hydrogen-bond donors (Lipinski definition) is 0. The average molecular weight is 268 g/mol. The van der Waals surface area contributed by atoms with Crippen LogP contribution in [0.25, 0.3) is 0 Å². The fourth-order valence-corrected chi connectivity index (χ4v) is 2.27. The van der Waals surface area contributed by atoms with Gasteiger partial charge < -0.3 is 14.0 Å². The van der Waals surface area contributed by atoms with Gasteiger partial charge in [-0.3, -0.25) is 9.69 Å². The summed E-state index contributed by atoms with van der Waals surface area (Å²) in [5.74, 6) is 0.623. The molecule has 0 aliphatic carbocycles. The third-order valence-electron chi connectivity index (χ3n) is 3.41. The van der Waals surface area contributed by atoms with Crippen LogP contribution in [0.15, 0.2) is 4.52 Å². The highest BCUT2D eigenvalue weighted by atomic mass is 16.5. The van der Waals surface area contributed by atoms with Crippen molar-refractivity contribution in [2.24, 2.45) is 0 Å². The van der Waals surface area contributed by atoms with Crippen molar-refractivity contribution >= 4 is 5.97 Å². The summed E-state index contributed by atoms with van der Waals surface area (Å²) in [4.78, 5) is 13.5. The zero-order valence-electron chi connectivity index (χ0n) is 11.6. The number of methoxy groups -OCH3 is 1. The van der Waals surface area contributed by atoms with E-state index in [2.05, 4.69) is 14.8 Å². The quantitative estimate of drug-likeness (QED) is 0.761. The molecule has 1 atom stereocenters. The largest absolute Gasteiger partial charge is 0.469 e. The van der Waals surface area contributed by atoms with E-state index in [1.54, 1.807) is 0 Å². The van der Waals surface area contributed by atoms with E-state index in [-0.39, 0.29) is 12.1 Å². The van der Waals surface area contributed by atoms with Gasteiger partial charge in [0, 0.05) is 25.2 Å². The Bertz CT molecular complexity index is 424. The third kappa shape index (κ3) is 3.54. The molecule has 1 aromatic rings. The highest BCUT2D eigenvalue weighted by molar-refractivity contribution is 5.69. The molecule has 0 saturated carbocycles. The molecule has 0 spiro atoms. The Morgan fingerprint density at radius 3 is 2.95 bits per heavy atom. The lowest BCUT2D eigenvalue weighted by Crippen LogP contribution is -2.43. The summed E-state index contributed by atoms with van der Waals surface area (Å²) in [5, 5.41) is 3.96. The molecule has 2 heterocycles. The molecule has 6 heteroatoms. The van der Waals surface area contributed by atoms with E-state index >= 15 is 0 Å². The second kappa shape index (κ2) is 6.16. The monoisotopic (exact) mass is 268 g/mol. The fourth-order valence-electron chi connectivity index (χ4n) is 2.27. The lowest BCUT2D eigenvalue weighted by Gasteiger charge is -2.32. The SMILES string of the molecule is COC(=O)CC1CN(Cc2c(C)noc2C)CCO1. The minimum absolute atomic E-state index is 0.0957. The molecule has 0 N–H and O–H groups in total. The van der Waals surface area contributed by atoms with Crippen LogP contribution in [0.2, 0.25) is 0 Å². The zero-order valence-corrected chi connectivity index (χ0v) is 11.6. The minimum atomic E-state index is -0.232. The Morgan fingerprint density at radius 1 is 1.53 bits per heavy atom. The number of aryl methyl sites for hydroxylation is 2. The lowest BCUT2D eigenvalue weighted by atomic mass is 10.1. The van der Waals surface area contributed by atoms with Gasteiger partial charge in [-0.25, -0.2) is 0 Å². The maximum absolute atomic E-state index is 11.3. The number of aromatic nitrogens is 1. The molecular weight excluding hydrogens is 248 g/mol. The van der Waals surface area contributed by atoms with Crippen LogP contribution in [-0.4, -0.2) is 48.9 Å². The lowest BCUT2D eigenvalue weighted by molar-refractivity contribution is -0.145. The van der Waals surface area contributed by atoms with Crippen LogP contribution in [0.1, 0.15) is 23.4 Å². The van der Waals surface area contributed by atoms with E-state index < -0.39 is 0 Å². The van der Waals surface area contributed by atoms with E-state index in [1.165, 1.54) is 7.11 Å². The first-order chi connectivity index (χ1) is 9.10. The number of nitrogens with zero attached hydrogens (tertiary/aromatic N) is 2. The number of ether oxygens (including phenoxy) is 2. The Labute approximate surface area is 112 Å². The molecule has 2 rings (SSSR count). The van der Waals surface area contributed by atoms with Crippen LogP contribution in [0, 0.1) is 13.8 Å². The Kier molecular flexibility index (Phi) is 4.55. The van der Waals surface area contributed by atoms with Crippen LogP contribution in [-0.2, 0) is 20.8 Å². The van der Waals surface area contributed by atoms with Crippen molar-refractivity contribution in [3.05, 3.63) is 17.0 Å². The molecular formula is C13H20N2O4. The molecule has 0 aromatic carbocycles. The van der Waals surface area contributed by atoms with Crippen molar-refractivity contribution in [3.63, 3.8) is 0 Å². The second-order valence-electron chi connectivity index (χ2n) is 4.81. The molecule has 106 valence electrons. The Hall–Kier alpha value is -1.40. The van der Waals surface area contributed by atoms with Crippen LogP contribution in [0.3, 0.4) is 0 Å². The van der Waals surface area contributed by atoms with E-state index in [9.17, 15) is 4.79 Å². The fraction of sp³-hybridized carbons (Fsp3) is 0.692. The standard InChI is InChI=1S/C13H20N2O4/c1-9-12(10(2)19-14-9)8-15-4-5-18-11(7-15)6-13(16)17-3/h11H,4-8H2,1-3H3. The van der Waals surface area contributed by atoms with Crippen molar-refractivity contribution in [1.29, 1.82) is 0 Å². The normalized spacial score (nSPS) is 20.5. The van der Waals surface area contributed by atoms with Crippen molar-refractivity contribution in [1.82, 2.24) is 10.1 Å². The van der Waals surface area contributed by atoms with Gasteiger partial charge in [0.25, 0.3) is 0 Å². The predicted molar refractivity (Wildman–Crippen MR) is 67.6 cm³/mol. The highest BCUT2D eigenvalue weighted by Crippen LogP contribution is 2.18. The summed E-state index contributed by atoms with van der Waals surface area (Å²) in [5.41, 5.74) is 2.05. The maximum Gasteiger partial charge on any atom is 0.308 e. The maximum atomic E-state index is 11.3. The molecule has 6 nitrogen and oxygen atoms in total. The number of carbonyl (C=O) groups is 1. The van der Waals surface area contributed by atoms with Crippen molar-refractivity contribution in [3.8, 4) is 0 Å². The molecule has 0 radical (unpaired) electrons. The summed E-state index contributed by atoms with van der Waals surface area (Å²) in [7, 11) is 1.40. The minimum Gasteiger partial charge on any atom is -0.469 e. The Morgan fingerprint density at radius 2 is 2.32 bits per heavy atom. The number of carbonyl (C=O) groups excluding carboxylic acids is 1. The van der Waals surface area contributed by atoms with Gasteiger partial charge in [0.15, 0.2) is 0 Å². The van der Waals surface area contributed by atoms with E-state index in [0.29, 0.717) is 13.0 Å². The van der Waals surface area contributed by atoms with Gasteiger partial charge in [-0.05, 0) is 13.8 Å². The van der Waals surface area contributed by atoms with E-state index in [0.717, 1.165) is 36.7 Å². The molecule has 19 heavy (non-hydrogen) atoms. The summed E-state index contributed by atoms with van der Waals surface area (Å²) < 4.78 is 15.4. The van der Waals surface area contributed by atoms with Crippen molar-refractivity contribution in [2.75, 3.05) is 26.8 Å². The number of esters is 1. The molecule has 1 aromatic heterocycles. The summed E-state index contributed by atoms with van der Waals surface area (Å²) in [6.45, 7) is 6.84. The summed E-state index contributed by atoms with van der Waals surface area (Å²) >= 11 is 0. The van der Waals surface area contributed by atoms with Gasteiger partial charge in [-0.15, -0.1) is 0 Å². The zero-order chi connectivity index (χ0) is 13.8. The molecule has 1 unspecified atom stereocenters. The highest BCUT2D eigenvalue weighted by Gasteiger charge is 2.24. The van der Waals surface area contributed by atoms with Crippen LogP contribution >= 0.6 is 0 Å². The van der Waals surface area contributed by atoms with Crippen LogP contribution in [0.4, 0.5) is 0 Å². The van der Waals surface area contributed by atoms with Gasteiger partial charge in [0.05, 0.1) is 31.9 Å². The van der Waals surface area contributed by atoms with Gasteiger partial charge in [0.1, 0.15) is 5.76 Å². The topological polar surface area (TPSA) is 64.8 Å². The first-order valence-corrected chi connectivity index (χ1v) is 6.42. The smallest absolute Gasteiger partial charge is 0.308 e. The van der Waals surface area contributed by atoms with Crippen LogP contribution < -0.4 is 0 Å². The first-order valence-electron chi connectivity index (χ1n) is 6.42. The number of morpholine rings is 1. The van der Waals surface area contributed by atoms with Crippen LogP contribution in [0.5, 0.6) is 0 Å². The van der Waals surface area contributed by atoms with Gasteiger partial charge in [0.2, 0.25) is 0 Å². The molecule has 0 amide bonds. The van der Waals surface area contributed by atoms with Gasteiger partial charge in [-0.2, -0.15) is 0 Å². The summed E-state index contributed by atoms with van der Waals surface area (Å²) in [6.07, 6.45) is 0.205. The molecule has 0 bridgehead atoms. The summed E-state index contributed by atoms with van der Waals surface area (Å²) in [6, 6.07) is 0. The van der Waals surface area contributed by atoms with E-state index in [4.69, 9.17) is 9.26 Å². The second-order valence-corrected chi connectivity index (χ2v) is 4.81. The predicted octanol–water partition coefficient (Wildman–Crippen LogP) is 1.06. The first kappa shape index (κ1) is 14.0. The average Bonchev–Trinajstić information content (AvgIpc) is 2.71.